The Kier molecular flexibility index (Phi) is 4.43. The first-order chi connectivity index (χ1) is 9.19. The highest BCUT2D eigenvalue weighted by atomic mass is 32.2. The van der Waals surface area contributed by atoms with Crippen LogP contribution in [0.4, 0.5) is 0 Å². The molecule has 2 fully saturated rings. The Bertz CT molecular complexity index is 375. The van der Waals surface area contributed by atoms with Crippen molar-refractivity contribution < 1.29 is 14.6 Å². The second kappa shape index (κ2) is 5.50. The van der Waals surface area contributed by atoms with Crippen LogP contribution in [-0.4, -0.2) is 46.4 Å². The third kappa shape index (κ3) is 3.00. The van der Waals surface area contributed by atoms with Crippen LogP contribution in [-0.2, 0) is 9.53 Å². The van der Waals surface area contributed by atoms with Crippen LogP contribution in [0.2, 0.25) is 0 Å². The molecule has 2 saturated heterocycles. The van der Waals surface area contributed by atoms with Gasteiger partial charge in [0.25, 0.3) is 0 Å². The van der Waals surface area contributed by atoms with Crippen LogP contribution in [0, 0.1) is 5.41 Å². The molecule has 2 atom stereocenters. The summed E-state index contributed by atoms with van der Waals surface area (Å²) in [4.78, 5) is 11.5. The van der Waals surface area contributed by atoms with Gasteiger partial charge in [-0.3, -0.25) is 4.79 Å². The lowest BCUT2D eigenvalue weighted by molar-refractivity contribution is -0.152. The molecule has 5 heteroatoms. The number of carboxylic acid groups (broad SMARTS) is 1. The predicted molar refractivity (Wildman–Crippen MR) is 82.3 cm³/mol. The number of carboxylic acids is 1. The molecule has 2 heterocycles. The minimum absolute atomic E-state index is 0.0318. The number of hydrogen-bond acceptors (Lipinski definition) is 4. The number of hydrogen-bond donors (Lipinski definition) is 2. The molecule has 0 aliphatic carbocycles. The highest BCUT2D eigenvalue weighted by molar-refractivity contribution is 7.99. The molecule has 2 aliphatic heterocycles. The molecule has 0 radical (unpaired) electrons. The van der Waals surface area contributed by atoms with E-state index in [1.165, 1.54) is 5.75 Å². The van der Waals surface area contributed by atoms with Gasteiger partial charge in [-0.1, -0.05) is 0 Å². The molecule has 0 aromatic heterocycles. The van der Waals surface area contributed by atoms with Gasteiger partial charge in [0.2, 0.25) is 0 Å². The van der Waals surface area contributed by atoms with Gasteiger partial charge in [-0.15, -0.1) is 0 Å². The number of ether oxygens (including phenoxy) is 1. The van der Waals surface area contributed by atoms with Crippen LogP contribution in [0.5, 0.6) is 0 Å². The zero-order chi connectivity index (χ0) is 15.0. The van der Waals surface area contributed by atoms with Crippen molar-refractivity contribution in [1.29, 1.82) is 0 Å². The van der Waals surface area contributed by atoms with E-state index in [1.54, 1.807) is 13.8 Å². The molecular weight excluding hydrogens is 274 g/mol. The van der Waals surface area contributed by atoms with E-state index in [-0.39, 0.29) is 5.60 Å². The van der Waals surface area contributed by atoms with Crippen molar-refractivity contribution in [3.05, 3.63) is 0 Å². The molecule has 116 valence electrons. The third-order valence-electron chi connectivity index (χ3n) is 5.22. The highest BCUT2D eigenvalue weighted by Gasteiger charge is 2.47. The molecule has 2 N–H and O–H groups in total. The Morgan fingerprint density at radius 2 is 2.10 bits per heavy atom. The zero-order valence-corrected chi connectivity index (χ0v) is 13.8. The van der Waals surface area contributed by atoms with Crippen LogP contribution in [0.1, 0.15) is 47.0 Å². The maximum absolute atomic E-state index is 11.5. The van der Waals surface area contributed by atoms with Gasteiger partial charge in [-0.25, -0.2) is 0 Å². The quantitative estimate of drug-likeness (QED) is 0.835. The molecule has 2 aliphatic rings. The maximum atomic E-state index is 11.5. The minimum atomic E-state index is -0.803. The molecular formula is C15H27NO3S. The van der Waals surface area contributed by atoms with Crippen molar-refractivity contribution in [1.82, 2.24) is 5.32 Å². The molecule has 2 unspecified atom stereocenters. The van der Waals surface area contributed by atoms with E-state index in [0.717, 1.165) is 31.6 Å². The average Bonchev–Trinajstić information content (AvgIpc) is 2.76. The Hall–Kier alpha value is -0.260. The predicted octanol–water partition coefficient (Wildman–Crippen LogP) is 2.52. The van der Waals surface area contributed by atoms with Crippen LogP contribution < -0.4 is 5.32 Å². The average molecular weight is 301 g/mol. The molecule has 0 bridgehead atoms. The molecule has 4 nitrogen and oxygen atoms in total. The van der Waals surface area contributed by atoms with Crippen LogP contribution in [0.15, 0.2) is 0 Å². The van der Waals surface area contributed by atoms with Gasteiger partial charge >= 0.3 is 5.97 Å². The SMILES string of the molecule is CC(C)(NC1CCOC2(CCSC2)C1)C(C)(C)C(=O)O. The lowest BCUT2D eigenvalue weighted by Crippen LogP contribution is -2.60. The van der Waals surface area contributed by atoms with Crippen LogP contribution >= 0.6 is 11.8 Å². The van der Waals surface area contributed by atoms with Gasteiger partial charge < -0.3 is 15.2 Å². The summed E-state index contributed by atoms with van der Waals surface area (Å²) in [7, 11) is 0. The van der Waals surface area contributed by atoms with E-state index >= 15 is 0 Å². The molecule has 20 heavy (non-hydrogen) atoms. The van der Waals surface area contributed by atoms with Crippen molar-refractivity contribution in [3.8, 4) is 0 Å². The normalized spacial score (nSPS) is 31.7. The highest BCUT2D eigenvalue weighted by Crippen LogP contribution is 2.40. The van der Waals surface area contributed by atoms with E-state index in [9.17, 15) is 9.90 Å². The zero-order valence-electron chi connectivity index (χ0n) is 13.0. The number of aliphatic carboxylic acids is 1. The summed E-state index contributed by atoms with van der Waals surface area (Å²) in [6, 6.07) is 0.344. The fraction of sp³-hybridized carbons (Fsp3) is 0.933. The first-order valence-corrected chi connectivity index (χ1v) is 8.57. The van der Waals surface area contributed by atoms with Crippen molar-refractivity contribution in [2.24, 2.45) is 5.41 Å². The fourth-order valence-corrected chi connectivity index (χ4v) is 4.35. The van der Waals surface area contributed by atoms with E-state index in [0.29, 0.717) is 6.04 Å². The van der Waals surface area contributed by atoms with Gasteiger partial charge in [0.05, 0.1) is 11.0 Å². The van der Waals surface area contributed by atoms with Gasteiger partial charge in [0.1, 0.15) is 0 Å². The number of rotatable bonds is 4. The first kappa shape index (κ1) is 16.1. The summed E-state index contributed by atoms with van der Waals surface area (Å²) in [5.74, 6) is 1.50. The number of nitrogens with one attached hydrogen (secondary N) is 1. The monoisotopic (exact) mass is 301 g/mol. The fourth-order valence-electron chi connectivity index (χ4n) is 2.97. The van der Waals surface area contributed by atoms with E-state index < -0.39 is 16.9 Å². The molecule has 1 spiro atoms. The minimum Gasteiger partial charge on any atom is -0.481 e. The largest absolute Gasteiger partial charge is 0.481 e. The first-order valence-electron chi connectivity index (χ1n) is 7.41. The van der Waals surface area contributed by atoms with E-state index in [1.807, 2.05) is 25.6 Å². The summed E-state index contributed by atoms with van der Waals surface area (Å²) in [5.41, 5.74) is -1.22. The second-order valence-electron chi connectivity index (χ2n) is 7.22. The maximum Gasteiger partial charge on any atom is 0.310 e. The molecule has 0 aromatic rings. The lowest BCUT2D eigenvalue weighted by Gasteiger charge is -2.45. The standard InChI is InChI=1S/C15H27NO3S/c1-13(2,12(17)18)14(3,4)16-11-5-7-19-15(9-11)6-8-20-10-15/h11,16H,5-10H2,1-4H3,(H,17,18). The summed E-state index contributed by atoms with van der Waals surface area (Å²) >= 11 is 1.96. The van der Waals surface area contributed by atoms with E-state index in [4.69, 9.17) is 4.74 Å². The Labute approximate surface area is 126 Å². The summed E-state index contributed by atoms with van der Waals surface area (Å²) in [6.07, 6.45) is 3.09. The number of carbonyl (C=O) groups is 1. The van der Waals surface area contributed by atoms with Gasteiger partial charge in [-0.2, -0.15) is 11.8 Å². The molecule has 0 saturated carbocycles. The Morgan fingerprint density at radius 3 is 2.65 bits per heavy atom. The molecule has 0 amide bonds. The Morgan fingerprint density at radius 1 is 1.40 bits per heavy atom. The van der Waals surface area contributed by atoms with Crippen LogP contribution in [0.3, 0.4) is 0 Å². The smallest absolute Gasteiger partial charge is 0.310 e. The van der Waals surface area contributed by atoms with E-state index in [2.05, 4.69) is 5.32 Å². The van der Waals surface area contributed by atoms with Gasteiger partial charge in [0.15, 0.2) is 0 Å². The third-order valence-corrected chi connectivity index (χ3v) is 6.45. The summed E-state index contributed by atoms with van der Waals surface area (Å²) in [6.45, 7) is 8.35. The summed E-state index contributed by atoms with van der Waals surface area (Å²) in [5, 5.41) is 13.0. The van der Waals surface area contributed by atoms with Gasteiger partial charge in [0, 0.05) is 23.9 Å². The molecule has 2 rings (SSSR count). The molecule has 0 aromatic carbocycles. The van der Waals surface area contributed by atoms with Crippen molar-refractivity contribution >= 4 is 17.7 Å². The Balaban J connectivity index is 2.03. The topological polar surface area (TPSA) is 58.6 Å². The summed E-state index contributed by atoms with van der Waals surface area (Å²) < 4.78 is 6.03. The second-order valence-corrected chi connectivity index (χ2v) is 8.33. The van der Waals surface area contributed by atoms with Crippen molar-refractivity contribution in [3.63, 3.8) is 0 Å². The van der Waals surface area contributed by atoms with Gasteiger partial charge in [-0.05, 0) is 52.7 Å². The lowest BCUT2D eigenvalue weighted by atomic mass is 9.73. The van der Waals surface area contributed by atoms with Crippen molar-refractivity contribution in [2.75, 3.05) is 18.1 Å². The van der Waals surface area contributed by atoms with Crippen LogP contribution in [0.25, 0.3) is 0 Å². The number of thioether (sulfide) groups is 1. The van der Waals surface area contributed by atoms with Crippen molar-refractivity contribution in [2.45, 2.75) is 64.1 Å².